The van der Waals surface area contributed by atoms with E-state index in [0.717, 1.165) is 38.5 Å². The minimum Gasteiger partial charge on any atom is -0.512 e. The predicted octanol–water partition coefficient (Wildman–Crippen LogP) is 4.57. The first-order chi connectivity index (χ1) is 9.95. The van der Waals surface area contributed by atoms with Crippen LogP contribution in [0.5, 0.6) is 0 Å². The third-order valence-corrected chi connectivity index (χ3v) is 7.46. The number of carbonyl (C=O) groups excluding carboxylic acids is 1. The average Bonchev–Trinajstić information content (AvgIpc) is 2.76. The molecule has 0 spiro atoms. The zero-order valence-corrected chi connectivity index (χ0v) is 13.2. The smallest absolute Gasteiger partial charge is 0.139 e. The van der Waals surface area contributed by atoms with Crippen LogP contribution in [0, 0.1) is 28.6 Å². The van der Waals surface area contributed by atoms with E-state index in [9.17, 15) is 9.90 Å². The molecule has 0 aromatic carbocycles. The molecule has 0 radical (unpaired) electrons. The Kier molecular flexibility index (Phi) is 2.75. The predicted molar refractivity (Wildman–Crippen MR) is 82.8 cm³/mol. The Bertz CT molecular complexity index is 558. The van der Waals surface area contributed by atoms with Gasteiger partial charge in [-0.2, -0.15) is 0 Å². The van der Waals surface area contributed by atoms with E-state index < -0.39 is 0 Å². The van der Waals surface area contributed by atoms with E-state index in [0.29, 0.717) is 29.3 Å². The molecular formula is C19H26O2. The number of aliphatic hydroxyl groups excluding tert-OH is 1. The van der Waals surface area contributed by atoms with E-state index in [2.05, 4.69) is 19.9 Å². The summed E-state index contributed by atoms with van der Waals surface area (Å²) in [6.07, 6.45) is 11.6. The van der Waals surface area contributed by atoms with Gasteiger partial charge < -0.3 is 5.11 Å². The number of allylic oxidation sites excluding steroid dienone is 4. The molecule has 0 heterocycles. The molecule has 0 aliphatic heterocycles. The molecule has 2 fully saturated rings. The molecule has 0 bridgehead atoms. The van der Waals surface area contributed by atoms with Gasteiger partial charge in [0.05, 0.1) is 5.76 Å². The van der Waals surface area contributed by atoms with Crippen LogP contribution in [0.4, 0.5) is 0 Å². The molecule has 0 aromatic rings. The van der Waals surface area contributed by atoms with Crippen LogP contribution in [0.15, 0.2) is 23.5 Å². The molecule has 4 aliphatic rings. The van der Waals surface area contributed by atoms with Gasteiger partial charge in [-0.15, -0.1) is 0 Å². The van der Waals surface area contributed by atoms with E-state index in [-0.39, 0.29) is 10.8 Å². The van der Waals surface area contributed by atoms with Gasteiger partial charge in [0.25, 0.3) is 0 Å². The Morgan fingerprint density at radius 3 is 2.67 bits per heavy atom. The van der Waals surface area contributed by atoms with Gasteiger partial charge in [0, 0.05) is 18.3 Å². The van der Waals surface area contributed by atoms with E-state index in [4.69, 9.17) is 0 Å². The van der Waals surface area contributed by atoms with Gasteiger partial charge in [-0.25, -0.2) is 0 Å². The Hall–Kier alpha value is -1.05. The highest BCUT2D eigenvalue weighted by Gasteiger charge is 2.58. The van der Waals surface area contributed by atoms with Gasteiger partial charge in [-0.3, -0.25) is 4.79 Å². The summed E-state index contributed by atoms with van der Waals surface area (Å²) in [6, 6.07) is 0. The molecule has 4 unspecified atom stereocenters. The van der Waals surface area contributed by atoms with Crippen molar-refractivity contribution in [1.29, 1.82) is 0 Å². The van der Waals surface area contributed by atoms with Crippen molar-refractivity contribution in [1.82, 2.24) is 0 Å². The lowest BCUT2D eigenvalue weighted by Gasteiger charge is -2.55. The fraction of sp³-hybridized carbons (Fsp3) is 0.737. The number of ketones is 1. The Balaban J connectivity index is 1.73. The summed E-state index contributed by atoms with van der Waals surface area (Å²) >= 11 is 0. The monoisotopic (exact) mass is 286 g/mol. The third kappa shape index (κ3) is 1.68. The number of Topliss-reactive ketones (excluding diaryl/α,β-unsaturated/α-hetero) is 1. The molecule has 21 heavy (non-hydrogen) atoms. The fourth-order valence-electron chi connectivity index (χ4n) is 6.08. The van der Waals surface area contributed by atoms with E-state index in [1.54, 1.807) is 0 Å². The summed E-state index contributed by atoms with van der Waals surface area (Å²) in [5.41, 5.74) is 1.55. The lowest BCUT2D eigenvalue weighted by atomic mass is 9.49. The van der Waals surface area contributed by atoms with Crippen LogP contribution in [0.1, 0.15) is 58.8 Å². The van der Waals surface area contributed by atoms with Crippen molar-refractivity contribution in [3.8, 4) is 0 Å². The van der Waals surface area contributed by atoms with Crippen molar-refractivity contribution in [2.75, 3.05) is 0 Å². The molecule has 2 nitrogen and oxygen atoms in total. The van der Waals surface area contributed by atoms with E-state index in [1.165, 1.54) is 12.0 Å². The summed E-state index contributed by atoms with van der Waals surface area (Å²) in [4.78, 5) is 12.4. The van der Waals surface area contributed by atoms with Crippen LogP contribution in [0.25, 0.3) is 0 Å². The number of aliphatic hydroxyl groups is 1. The van der Waals surface area contributed by atoms with Crippen LogP contribution >= 0.6 is 0 Å². The lowest BCUT2D eigenvalue weighted by Crippen LogP contribution is -2.49. The minimum absolute atomic E-state index is 0.0322. The maximum Gasteiger partial charge on any atom is 0.139 e. The average molecular weight is 286 g/mol. The summed E-state index contributed by atoms with van der Waals surface area (Å²) in [6.45, 7) is 4.63. The van der Waals surface area contributed by atoms with E-state index in [1.807, 2.05) is 6.08 Å². The SMILES string of the molecule is CC12CCC(O)=CC1=CCC1C2CC[C@]2(C)C(=O)CCC12. The van der Waals surface area contributed by atoms with Crippen molar-refractivity contribution in [3.63, 3.8) is 0 Å². The van der Waals surface area contributed by atoms with Crippen molar-refractivity contribution in [2.45, 2.75) is 58.8 Å². The number of fused-ring (bicyclic) bond motifs is 5. The second-order valence-electron chi connectivity index (χ2n) is 8.24. The quantitative estimate of drug-likeness (QED) is 0.708. The Morgan fingerprint density at radius 2 is 1.86 bits per heavy atom. The fourth-order valence-corrected chi connectivity index (χ4v) is 6.08. The molecule has 4 rings (SSSR count). The van der Waals surface area contributed by atoms with Crippen LogP contribution < -0.4 is 0 Å². The minimum atomic E-state index is -0.0322. The maximum absolute atomic E-state index is 12.4. The molecule has 0 amide bonds. The zero-order valence-electron chi connectivity index (χ0n) is 13.2. The molecule has 0 saturated heterocycles. The van der Waals surface area contributed by atoms with Crippen LogP contribution in [-0.4, -0.2) is 10.9 Å². The summed E-state index contributed by atoms with van der Waals surface area (Å²) in [5, 5.41) is 9.86. The largest absolute Gasteiger partial charge is 0.512 e. The topological polar surface area (TPSA) is 37.3 Å². The van der Waals surface area contributed by atoms with Gasteiger partial charge in [-0.1, -0.05) is 19.9 Å². The van der Waals surface area contributed by atoms with Crippen molar-refractivity contribution < 1.29 is 9.90 Å². The highest BCUT2D eigenvalue weighted by Crippen LogP contribution is 2.63. The lowest BCUT2D eigenvalue weighted by molar-refractivity contribution is -0.131. The van der Waals surface area contributed by atoms with Crippen molar-refractivity contribution >= 4 is 5.78 Å². The molecular weight excluding hydrogens is 260 g/mol. The number of hydrogen-bond donors (Lipinski definition) is 1. The van der Waals surface area contributed by atoms with Crippen LogP contribution in [-0.2, 0) is 4.79 Å². The highest BCUT2D eigenvalue weighted by atomic mass is 16.3. The Labute approximate surface area is 127 Å². The first-order valence-corrected chi connectivity index (χ1v) is 8.58. The van der Waals surface area contributed by atoms with Gasteiger partial charge in [-0.05, 0) is 66.9 Å². The van der Waals surface area contributed by atoms with Gasteiger partial charge >= 0.3 is 0 Å². The second-order valence-corrected chi connectivity index (χ2v) is 8.24. The number of rotatable bonds is 0. The number of carbonyl (C=O) groups is 1. The first-order valence-electron chi connectivity index (χ1n) is 8.58. The number of hydrogen-bond acceptors (Lipinski definition) is 2. The normalized spacial score (nSPS) is 48.9. The molecule has 2 saturated carbocycles. The van der Waals surface area contributed by atoms with Gasteiger partial charge in [0.1, 0.15) is 5.78 Å². The maximum atomic E-state index is 12.4. The van der Waals surface area contributed by atoms with Crippen molar-refractivity contribution in [3.05, 3.63) is 23.5 Å². The summed E-state index contributed by atoms with van der Waals surface area (Å²) in [7, 11) is 0. The Morgan fingerprint density at radius 1 is 1.10 bits per heavy atom. The van der Waals surface area contributed by atoms with Crippen LogP contribution in [0.2, 0.25) is 0 Å². The molecule has 4 aliphatic carbocycles. The third-order valence-electron chi connectivity index (χ3n) is 7.46. The summed E-state index contributed by atoms with van der Waals surface area (Å²) in [5.74, 6) is 3.04. The molecule has 1 N–H and O–H groups in total. The summed E-state index contributed by atoms with van der Waals surface area (Å²) < 4.78 is 0. The second kappa shape index (κ2) is 4.24. The molecule has 5 atom stereocenters. The van der Waals surface area contributed by atoms with Gasteiger partial charge in [0.15, 0.2) is 0 Å². The van der Waals surface area contributed by atoms with Gasteiger partial charge in [0.2, 0.25) is 0 Å². The van der Waals surface area contributed by atoms with Crippen LogP contribution in [0.3, 0.4) is 0 Å². The van der Waals surface area contributed by atoms with Crippen molar-refractivity contribution in [2.24, 2.45) is 28.6 Å². The van der Waals surface area contributed by atoms with E-state index >= 15 is 0 Å². The first kappa shape index (κ1) is 13.6. The standard InChI is InChI=1S/C19H26O2/c1-18-9-7-13(20)11-12(18)3-4-14-15-5-6-17(21)19(15,2)10-8-16(14)18/h3,11,14-16,20H,4-10H2,1-2H3/t14?,15?,16?,18?,19-/m0/s1. The molecule has 114 valence electrons. The molecule has 2 heteroatoms. The zero-order chi connectivity index (χ0) is 14.8. The highest BCUT2D eigenvalue weighted by molar-refractivity contribution is 5.87. The molecule has 0 aromatic heterocycles.